The number of pyridine rings is 1. The van der Waals surface area contributed by atoms with Crippen LogP contribution in [0.15, 0.2) is 55.0 Å². The van der Waals surface area contributed by atoms with Gasteiger partial charge in [-0.05, 0) is 29.8 Å². The Morgan fingerprint density at radius 1 is 1.00 bits per heavy atom. The topological polar surface area (TPSA) is 43.1 Å². The van der Waals surface area contributed by atoms with E-state index >= 15 is 0 Å². The first kappa shape index (κ1) is 18.7. The maximum atomic E-state index is 13.6. The summed E-state index contributed by atoms with van der Waals surface area (Å²) in [5, 5.41) is 4.19. The van der Waals surface area contributed by atoms with Gasteiger partial charge in [0.15, 0.2) is 11.3 Å². The van der Waals surface area contributed by atoms with Gasteiger partial charge < -0.3 is 0 Å². The van der Waals surface area contributed by atoms with Gasteiger partial charge in [0.05, 0.1) is 15.7 Å². The lowest BCUT2D eigenvalue weighted by atomic mass is 10.0. The Kier molecular flexibility index (Phi) is 4.72. The molecule has 0 spiro atoms. The van der Waals surface area contributed by atoms with Crippen molar-refractivity contribution >= 4 is 28.8 Å². The van der Waals surface area contributed by atoms with Crippen molar-refractivity contribution in [2.45, 2.75) is 12.6 Å². The van der Waals surface area contributed by atoms with E-state index in [2.05, 4.69) is 15.1 Å². The molecule has 4 nitrogen and oxygen atoms in total. The minimum absolute atomic E-state index is 0.0624. The van der Waals surface area contributed by atoms with Crippen LogP contribution < -0.4 is 0 Å². The summed E-state index contributed by atoms with van der Waals surface area (Å²) < 4.78 is 42.0. The number of hydrogen-bond acceptors (Lipinski definition) is 3. The van der Waals surface area contributed by atoms with Crippen molar-refractivity contribution in [2.24, 2.45) is 0 Å². The van der Waals surface area contributed by atoms with E-state index in [1.54, 1.807) is 48.8 Å². The van der Waals surface area contributed by atoms with E-state index in [1.165, 1.54) is 6.20 Å². The van der Waals surface area contributed by atoms with Gasteiger partial charge in [-0.1, -0.05) is 35.3 Å². The Morgan fingerprint density at radius 3 is 2.46 bits per heavy atom. The molecule has 0 unspecified atom stereocenters. The summed E-state index contributed by atoms with van der Waals surface area (Å²) in [6, 6.07) is 9.91. The van der Waals surface area contributed by atoms with Gasteiger partial charge in [-0.25, -0.2) is 9.50 Å². The second kappa shape index (κ2) is 7.07. The molecule has 3 heterocycles. The summed E-state index contributed by atoms with van der Waals surface area (Å²) in [4.78, 5) is 8.36. The number of hydrogen-bond donors (Lipinski definition) is 0. The van der Waals surface area contributed by atoms with Crippen molar-refractivity contribution in [1.29, 1.82) is 0 Å². The molecule has 0 aliphatic rings. The molecule has 0 aliphatic heterocycles. The summed E-state index contributed by atoms with van der Waals surface area (Å²) in [7, 11) is 0. The molecule has 0 radical (unpaired) electrons. The maximum absolute atomic E-state index is 13.6. The van der Waals surface area contributed by atoms with E-state index in [-0.39, 0.29) is 27.7 Å². The van der Waals surface area contributed by atoms with Crippen LogP contribution >= 0.6 is 23.2 Å². The third-order valence-corrected chi connectivity index (χ3v) is 5.08. The smallest absolute Gasteiger partial charge is 0.265 e. The Morgan fingerprint density at radius 2 is 1.75 bits per heavy atom. The lowest BCUT2D eigenvalue weighted by Crippen LogP contribution is -2.09. The minimum atomic E-state index is -4.63. The second-order valence-corrected chi connectivity index (χ2v) is 6.82. The van der Waals surface area contributed by atoms with Crippen LogP contribution in [0.5, 0.6) is 0 Å². The average Bonchev–Trinajstić information content (AvgIpc) is 3.04. The monoisotopic (exact) mass is 422 g/mol. The van der Waals surface area contributed by atoms with E-state index < -0.39 is 11.9 Å². The molecule has 9 heteroatoms. The van der Waals surface area contributed by atoms with Crippen molar-refractivity contribution in [2.75, 3.05) is 0 Å². The Bertz CT molecular complexity index is 1160. The molecular weight excluding hydrogens is 412 g/mol. The van der Waals surface area contributed by atoms with Crippen molar-refractivity contribution < 1.29 is 13.2 Å². The van der Waals surface area contributed by atoms with Crippen LogP contribution in [0.3, 0.4) is 0 Å². The average molecular weight is 423 g/mol. The van der Waals surface area contributed by atoms with Crippen LogP contribution in [0.4, 0.5) is 13.2 Å². The van der Waals surface area contributed by atoms with Crippen LogP contribution in [0, 0.1) is 0 Å². The molecule has 0 bridgehead atoms. The Labute approximate surface area is 167 Å². The van der Waals surface area contributed by atoms with Crippen molar-refractivity contribution in [1.82, 2.24) is 19.6 Å². The molecule has 142 valence electrons. The molecule has 28 heavy (non-hydrogen) atoms. The van der Waals surface area contributed by atoms with E-state index in [0.717, 1.165) is 10.1 Å². The number of alkyl halides is 3. The lowest BCUT2D eigenvalue weighted by Gasteiger charge is -2.09. The summed E-state index contributed by atoms with van der Waals surface area (Å²) in [5.41, 5.74) is 0.764. The predicted molar refractivity (Wildman–Crippen MR) is 100 cm³/mol. The molecule has 4 rings (SSSR count). The van der Waals surface area contributed by atoms with Gasteiger partial charge in [0.2, 0.25) is 0 Å². The fourth-order valence-corrected chi connectivity index (χ4v) is 3.31. The van der Waals surface area contributed by atoms with E-state index in [0.29, 0.717) is 11.3 Å². The van der Waals surface area contributed by atoms with Crippen molar-refractivity contribution in [3.8, 4) is 11.3 Å². The zero-order valence-corrected chi connectivity index (χ0v) is 15.6. The van der Waals surface area contributed by atoms with Gasteiger partial charge >= 0.3 is 6.18 Å². The minimum Gasteiger partial charge on any atom is -0.265 e. The molecular formula is C19H11Cl2F3N4. The van der Waals surface area contributed by atoms with Gasteiger partial charge in [0.25, 0.3) is 0 Å². The molecule has 4 aromatic rings. The van der Waals surface area contributed by atoms with E-state index in [9.17, 15) is 13.2 Å². The fraction of sp³-hybridized carbons (Fsp3) is 0.105. The summed E-state index contributed by atoms with van der Waals surface area (Å²) in [6.07, 6.45) is -0.108. The first-order chi connectivity index (χ1) is 13.3. The molecule has 0 N–H and O–H groups in total. The number of halogens is 5. The number of benzene rings is 1. The molecule has 0 atom stereocenters. The second-order valence-electron chi connectivity index (χ2n) is 6.03. The van der Waals surface area contributed by atoms with Crippen LogP contribution in [-0.2, 0) is 12.6 Å². The highest BCUT2D eigenvalue weighted by atomic mass is 35.5. The molecule has 0 amide bonds. The third kappa shape index (κ3) is 3.43. The van der Waals surface area contributed by atoms with Crippen LogP contribution in [0.2, 0.25) is 10.0 Å². The fourth-order valence-electron chi connectivity index (χ4n) is 2.92. The van der Waals surface area contributed by atoms with Crippen LogP contribution in [-0.4, -0.2) is 19.6 Å². The van der Waals surface area contributed by atoms with Crippen molar-refractivity contribution in [3.63, 3.8) is 0 Å². The quantitative estimate of drug-likeness (QED) is 0.424. The Balaban J connectivity index is 1.92. The largest absolute Gasteiger partial charge is 0.435 e. The van der Waals surface area contributed by atoms with Crippen LogP contribution in [0.1, 0.15) is 16.8 Å². The maximum Gasteiger partial charge on any atom is 0.435 e. The molecule has 0 saturated carbocycles. The van der Waals surface area contributed by atoms with E-state index in [1.807, 2.05) is 0 Å². The number of rotatable bonds is 3. The first-order valence-electron chi connectivity index (χ1n) is 8.13. The molecule has 3 aromatic heterocycles. The lowest BCUT2D eigenvalue weighted by molar-refractivity contribution is -0.141. The molecule has 0 aliphatic carbocycles. The molecule has 0 fully saturated rings. The summed E-state index contributed by atoms with van der Waals surface area (Å²) >= 11 is 12.2. The number of fused-ring (bicyclic) bond motifs is 1. The zero-order valence-electron chi connectivity index (χ0n) is 14.1. The van der Waals surface area contributed by atoms with Gasteiger partial charge in [-0.15, -0.1) is 0 Å². The normalized spacial score (nSPS) is 11.9. The highest BCUT2D eigenvalue weighted by Crippen LogP contribution is 2.36. The van der Waals surface area contributed by atoms with E-state index in [4.69, 9.17) is 23.2 Å². The SMILES string of the molecule is FC(F)(F)c1nn2ccc(-c3ccncc3)nc2c1Cc1cccc(Cl)c1Cl. The highest BCUT2D eigenvalue weighted by Gasteiger charge is 2.38. The number of nitrogens with zero attached hydrogens (tertiary/aromatic N) is 4. The van der Waals surface area contributed by atoms with Gasteiger partial charge in [0, 0.05) is 36.1 Å². The van der Waals surface area contributed by atoms with Gasteiger partial charge in [0.1, 0.15) is 0 Å². The summed E-state index contributed by atoms with van der Waals surface area (Å²) in [5.74, 6) is 0. The standard InChI is InChI=1S/C19H11Cl2F3N4/c20-14-3-1-2-12(16(14)21)10-13-17(19(22,23)24)27-28-9-6-15(26-18(13)28)11-4-7-25-8-5-11/h1-9H,10H2. The van der Waals surface area contributed by atoms with Crippen molar-refractivity contribution in [3.05, 3.63) is 81.9 Å². The molecule has 1 aromatic carbocycles. The van der Waals surface area contributed by atoms with Gasteiger partial charge in [-0.3, -0.25) is 4.98 Å². The predicted octanol–water partition coefficient (Wildman–Crippen LogP) is 5.71. The third-order valence-electron chi connectivity index (χ3n) is 4.22. The zero-order chi connectivity index (χ0) is 19.9. The van der Waals surface area contributed by atoms with Gasteiger partial charge in [-0.2, -0.15) is 18.3 Å². The first-order valence-corrected chi connectivity index (χ1v) is 8.89. The van der Waals surface area contributed by atoms with Crippen LogP contribution in [0.25, 0.3) is 16.9 Å². The molecule has 0 saturated heterocycles. The number of aromatic nitrogens is 4. The Hall–Kier alpha value is -2.64. The highest BCUT2D eigenvalue weighted by molar-refractivity contribution is 6.42. The summed E-state index contributed by atoms with van der Waals surface area (Å²) in [6.45, 7) is 0.